The largest absolute Gasteiger partial charge is 0.261 e. The third kappa shape index (κ3) is 10.1. The van der Waals surface area contributed by atoms with Gasteiger partial charge in [0.25, 0.3) is 0 Å². The van der Waals surface area contributed by atoms with Crippen LogP contribution in [0, 0.1) is 0 Å². The predicted molar refractivity (Wildman–Crippen MR) is 87.9 cm³/mol. The highest BCUT2D eigenvalue weighted by Gasteiger charge is 1.95. The first kappa shape index (κ1) is 16.7. The van der Waals surface area contributed by atoms with Gasteiger partial charge < -0.3 is 0 Å². The van der Waals surface area contributed by atoms with E-state index in [0.29, 0.717) is 0 Å². The number of aromatic nitrogens is 1. The summed E-state index contributed by atoms with van der Waals surface area (Å²) in [5.41, 5.74) is 1.24. The molecule has 0 spiro atoms. The molecule has 0 saturated heterocycles. The van der Waals surface area contributed by atoms with E-state index in [1.807, 2.05) is 12.3 Å². The number of rotatable bonds is 12. The molecule has 0 aliphatic carbocycles. The zero-order chi connectivity index (χ0) is 13.6. The second-order valence-electron chi connectivity index (χ2n) is 5.30. The van der Waals surface area contributed by atoms with E-state index in [2.05, 4.69) is 33.0 Å². The molecular formula is C17H28BrN. The Morgan fingerprint density at radius 3 is 1.84 bits per heavy atom. The summed E-state index contributed by atoms with van der Waals surface area (Å²) in [6, 6.07) is 6.20. The van der Waals surface area contributed by atoms with Gasteiger partial charge in [-0.3, -0.25) is 4.98 Å². The summed E-state index contributed by atoms with van der Waals surface area (Å²) < 4.78 is 0. The Morgan fingerprint density at radius 1 is 0.737 bits per heavy atom. The first-order valence-electron chi connectivity index (χ1n) is 7.89. The average Bonchev–Trinajstić information content (AvgIpc) is 2.46. The number of alkyl halides is 1. The van der Waals surface area contributed by atoms with Crippen molar-refractivity contribution in [3.63, 3.8) is 0 Å². The fourth-order valence-electron chi connectivity index (χ4n) is 2.36. The highest BCUT2D eigenvalue weighted by Crippen LogP contribution is 2.12. The van der Waals surface area contributed by atoms with Crippen LogP contribution in [0.3, 0.4) is 0 Å². The molecule has 0 unspecified atom stereocenters. The van der Waals surface area contributed by atoms with Crippen LogP contribution in [0.15, 0.2) is 24.4 Å². The number of aryl methyl sites for hydroxylation is 1. The lowest BCUT2D eigenvalue weighted by atomic mass is 10.1. The normalized spacial score (nSPS) is 10.8. The van der Waals surface area contributed by atoms with Crippen molar-refractivity contribution >= 4 is 15.9 Å². The van der Waals surface area contributed by atoms with Gasteiger partial charge in [0, 0.05) is 17.2 Å². The molecule has 0 aliphatic rings. The molecule has 0 saturated carbocycles. The standard InChI is InChI=1S/C17H28BrN/c18-15-11-8-6-4-2-1-3-5-7-9-13-17-14-10-12-16-19-17/h10,12,14,16H,1-9,11,13,15H2. The maximum atomic E-state index is 4.36. The second kappa shape index (κ2) is 12.7. The SMILES string of the molecule is BrCCCCCCCCCCCCc1ccccn1. The molecule has 19 heavy (non-hydrogen) atoms. The van der Waals surface area contributed by atoms with E-state index in [-0.39, 0.29) is 0 Å². The molecule has 1 nitrogen and oxygen atoms in total. The Hall–Kier alpha value is -0.370. The van der Waals surface area contributed by atoms with Crippen LogP contribution in [0.25, 0.3) is 0 Å². The summed E-state index contributed by atoms with van der Waals surface area (Å²) in [7, 11) is 0. The van der Waals surface area contributed by atoms with Crippen LogP contribution < -0.4 is 0 Å². The number of halogens is 1. The minimum atomic E-state index is 1.15. The Morgan fingerprint density at radius 2 is 1.32 bits per heavy atom. The molecule has 1 aromatic rings. The smallest absolute Gasteiger partial charge is 0.0403 e. The average molecular weight is 326 g/mol. The van der Waals surface area contributed by atoms with Crippen LogP contribution in [0.2, 0.25) is 0 Å². The van der Waals surface area contributed by atoms with E-state index in [4.69, 9.17) is 0 Å². The Bertz CT molecular complexity index is 287. The summed E-state index contributed by atoms with van der Waals surface area (Å²) in [6.45, 7) is 0. The third-order valence-electron chi connectivity index (χ3n) is 3.54. The lowest BCUT2D eigenvalue weighted by Gasteiger charge is -2.02. The van der Waals surface area contributed by atoms with Gasteiger partial charge in [0.15, 0.2) is 0 Å². The molecule has 108 valence electrons. The van der Waals surface area contributed by atoms with E-state index < -0.39 is 0 Å². The molecule has 1 rings (SSSR count). The van der Waals surface area contributed by atoms with Crippen molar-refractivity contribution in [1.29, 1.82) is 0 Å². The van der Waals surface area contributed by atoms with Gasteiger partial charge in [-0.05, 0) is 31.4 Å². The van der Waals surface area contributed by atoms with Gasteiger partial charge in [-0.15, -0.1) is 0 Å². The molecular weight excluding hydrogens is 298 g/mol. The minimum Gasteiger partial charge on any atom is -0.261 e. The van der Waals surface area contributed by atoms with E-state index in [9.17, 15) is 0 Å². The first-order chi connectivity index (χ1) is 9.43. The molecule has 1 aromatic heterocycles. The number of pyridine rings is 1. The third-order valence-corrected chi connectivity index (χ3v) is 4.10. The number of nitrogens with zero attached hydrogens (tertiary/aromatic N) is 1. The van der Waals surface area contributed by atoms with Gasteiger partial charge in [0.2, 0.25) is 0 Å². The lowest BCUT2D eigenvalue weighted by Crippen LogP contribution is -1.89. The maximum Gasteiger partial charge on any atom is 0.0403 e. The molecule has 0 bridgehead atoms. The van der Waals surface area contributed by atoms with Crippen molar-refractivity contribution in [1.82, 2.24) is 4.98 Å². The molecule has 0 fully saturated rings. The van der Waals surface area contributed by atoms with E-state index >= 15 is 0 Å². The Balaban J connectivity index is 1.79. The summed E-state index contributed by atoms with van der Waals surface area (Å²) >= 11 is 3.48. The van der Waals surface area contributed by atoms with Crippen LogP contribution >= 0.6 is 15.9 Å². The molecule has 2 heteroatoms. The highest BCUT2D eigenvalue weighted by atomic mass is 79.9. The molecule has 0 amide bonds. The first-order valence-corrected chi connectivity index (χ1v) is 9.01. The highest BCUT2D eigenvalue weighted by molar-refractivity contribution is 9.09. The van der Waals surface area contributed by atoms with Gasteiger partial charge in [0.1, 0.15) is 0 Å². The summed E-state index contributed by atoms with van der Waals surface area (Å²) in [6.07, 6.45) is 17.0. The number of unbranched alkanes of at least 4 members (excludes halogenated alkanes) is 9. The summed E-state index contributed by atoms with van der Waals surface area (Å²) in [5.74, 6) is 0. The van der Waals surface area contributed by atoms with Crippen molar-refractivity contribution in [2.24, 2.45) is 0 Å². The zero-order valence-electron chi connectivity index (χ0n) is 12.1. The summed E-state index contributed by atoms with van der Waals surface area (Å²) in [5, 5.41) is 1.17. The van der Waals surface area contributed by atoms with Gasteiger partial charge in [-0.2, -0.15) is 0 Å². The maximum absolute atomic E-state index is 4.36. The number of hydrogen-bond donors (Lipinski definition) is 0. The quantitative estimate of drug-likeness (QED) is 0.343. The van der Waals surface area contributed by atoms with Crippen molar-refractivity contribution in [3.05, 3.63) is 30.1 Å². The van der Waals surface area contributed by atoms with Crippen molar-refractivity contribution in [3.8, 4) is 0 Å². The number of hydrogen-bond acceptors (Lipinski definition) is 1. The zero-order valence-corrected chi connectivity index (χ0v) is 13.7. The minimum absolute atomic E-state index is 1.15. The topological polar surface area (TPSA) is 12.9 Å². The molecule has 0 atom stereocenters. The van der Waals surface area contributed by atoms with Crippen LogP contribution in [-0.4, -0.2) is 10.3 Å². The van der Waals surface area contributed by atoms with Crippen LogP contribution in [0.5, 0.6) is 0 Å². The molecule has 0 radical (unpaired) electrons. The lowest BCUT2D eigenvalue weighted by molar-refractivity contribution is 0.556. The van der Waals surface area contributed by atoms with Crippen molar-refractivity contribution in [2.45, 2.75) is 70.6 Å². The van der Waals surface area contributed by atoms with Gasteiger partial charge in [0.05, 0.1) is 0 Å². The van der Waals surface area contributed by atoms with Gasteiger partial charge in [-0.1, -0.05) is 73.4 Å². The molecule has 1 heterocycles. The van der Waals surface area contributed by atoms with Gasteiger partial charge >= 0.3 is 0 Å². The van der Waals surface area contributed by atoms with E-state index in [0.717, 1.165) is 6.42 Å². The van der Waals surface area contributed by atoms with Crippen LogP contribution in [0.4, 0.5) is 0 Å². The Kier molecular flexibility index (Phi) is 11.1. The molecule has 0 aliphatic heterocycles. The van der Waals surface area contributed by atoms with E-state index in [1.165, 1.54) is 75.2 Å². The second-order valence-corrected chi connectivity index (χ2v) is 6.09. The fraction of sp³-hybridized carbons (Fsp3) is 0.706. The summed E-state index contributed by atoms with van der Waals surface area (Å²) in [4.78, 5) is 4.36. The van der Waals surface area contributed by atoms with Gasteiger partial charge in [-0.25, -0.2) is 0 Å². The monoisotopic (exact) mass is 325 g/mol. The van der Waals surface area contributed by atoms with Crippen LogP contribution in [0.1, 0.15) is 69.9 Å². The fourth-order valence-corrected chi connectivity index (χ4v) is 2.76. The molecule has 0 N–H and O–H groups in total. The molecule has 0 aromatic carbocycles. The van der Waals surface area contributed by atoms with E-state index in [1.54, 1.807) is 0 Å². The van der Waals surface area contributed by atoms with Crippen molar-refractivity contribution < 1.29 is 0 Å². The van der Waals surface area contributed by atoms with Crippen LogP contribution in [-0.2, 0) is 6.42 Å². The van der Waals surface area contributed by atoms with Crippen molar-refractivity contribution in [2.75, 3.05) is 5.33 Å². The Labute approximate surface area is 127 Å². The predicted octanol–water partition coefficient (Wildman–Crippen LogP) is 5.92.